The van der Waals surface area contributed by atoms with E-state index in [4.69, 9.17) is 0 Å². The van der Waals surface area contributed by atoms with Crippen molar-refractivity contribution in [3.8, 4) is 0 Å². The average Bonchev–Trinajstić information content (AvgIpc) is 3.00. The molecule has 23 heavy (non-hydrogen) atoms. The Bertz CT molecular complexity index is 699. The molecule has 2 aliphatic carbocycles. The van der Waals surface area contributed by atoms with Crippen molar-refractivity contribution in [3.63, 3.8) is 0 Å². The molecule has 7 nitrogen and oxygen atoms in total. The standard InChI is InChI=1S/C16H23N7/c1-2-4-15-14(3-1)17-11-22(15)13-7-8-21(9-13)10-16-18-19-20-23(16)12-5-6-12/h11-13H,1-10H2/t13-/m0/s1. The van der Waals surface area contributed by atoms with Crippen LogP contribution in [-0.2, 0) is 19.4 Å². The van der Waals surface area contributed by atoms with E-state index in [2.05, 4.69) is 36.3 Å². The minimum Gasteiger partial charge on any atom is -0.330 e. The second kappa shape index (κ2) is 5.40. The zero-order valence-electron chi connectivity index (χ0n) is 13.4. The van der Waals surface area contributed by atoms with E-state index in [-0.39, 0.29) is 0 Å². The van der Waals surface area contributed by atoms with Gasteiger partial charge >= 0.3 is 0 Å². The van der Waals surface area contributed by atoms with E-state index < -0.39 is 0 Å². The minimum atomic E-state index is 0.555. The number of hydrogen-bond donors (Lipinski definition) is 0. The molecule has 0 N–H and O–H groups in total. The Kier molecular flexibility index (Phi) is 3.21. The Balaban J connectivity index is 1.29. The van der Waals surface area contributed by atoms with Gasteiger partial charge in [-0.05, 0) is 55.4 Å². The van der Waals surface area contributed by atoms with E-state index >= 15 is 0 Å². The summed E-state index contributed by atoms with van der Waals surface area (Å²) in [5.41, 5.74) is 2.83. The van der Waals surface area contributed by atoms with Crippen molar-refractivity contribution >= 4 is 0 Å². The van der Waals surface area contributed by atoms with Crippen molar-refractivity contribution in [2.45, 2.75) is 63.6 Å². The second-order valence-corrected chi connectivity index (χ2v) is 7.20. The summed E-state index contributed by atoms with van der Waals surface area (Å²) in [4.78, 5) is 7.15. The molecule has 0 amide bonds. The van der Waals surface area contributed by atoms with Crippen molar-refractivity contribution in [1.82, 2.24) is 34.7 Å². The summed E-state index contributed by atoms with van der Waals surface area (Å²) >= 11 is 0. The summed E-state index contributed by atoms with van der Waals surface area (Å²) in [6.45, 7) is 3.08. The first-order valence-corrected chi connectivity index (χ1v) is 8.92. The Labute approximate surface area is 135 Å². The molecular weight excluding hydrogens is 290 g/mol. The molecular formula is C16H23N7. The third-order valence-electron chi connectivity index (χ3n) is 5.52. The van der Waals surface area contributed by atoms with Crippen molar-refractivity contribution in [2.24, 2.45) is 0 Å². The lowest BCUT2D eigenvalue weighted by Crippen LogP contribution is -2.24. The fourth-order valence-corrected chi connectivity index (χ4v) is 4.11. The first kappa shape index (κ1) is 13.7. The van der Waals surface area contributed by atoms with Crippen molar-refractivity contribution in [1.29, 1.82) is 0 Å². The van der Waals surface area contributed by atoms with Crippen LogP contribution in [0.5, 0.6) is 0 Å². The molecule has 7 heteroatoms. The predicted octanol–water partition coefficient (Wildman–Crippen LogP) is 1.53. The third kappa shape index (κ3) is 2.47. The number of nitrogens with zero attached hydrogens (tertiary/aromatic N) is 7. The molecule has 0 unspecified atom stereocenters. The van der Waals surface area contributed by atoms with Gasteiger partial charge in [-0.1, -0.05) is 0 Å². The van der Waals surface area contributed by atoms with Gasteiger partial charge in [-0.15, -0.1) is 5.10 Å². The monoisotopic (exact) mass is 313 g/mol. The SMILES string of the molecule is c1nc2c(n1[C@H]1CCN(Cc3nnnn3C3CC3)C1)CCCC2. The predicted molar refractivity (Wildman–Crippen MR) is 83.9 cm³/mol. The summed E-state index contributed by atoms with van der Waals surface area (Å²) in [5.74, 6) is 1.03. The smallest absolute Gasteiger partial charge is 0.165 e. The number of fused-ring (bicyclic) bond motifs is 1. The van der Waals surface area contributed by atoms with Gasteiger partial charge in [-0.25, -0.2) is 9.67 Å². The first-order valence-electron chi connectivity index (χ1n) is 8.92. The molecule has 5 rings (SSSR count). The normalized spacial score (nSPS) is 25.0. The van der Waals surface area contributed by atoms with Crippen molar-refractivity contribution in [2.75, 3.05) is 13.1 Å². The summed E-state index contributed by atoms with van der Waals surface area (Å²) in [6, 6.07) is 1.12. The van der Waals surface area contributed by atoms with Crippen LogP contribution in [0.4, 0.5) is 0 Å². The number of hydrogen-bond acceptors (Lipinski definition) is 5. The highest BCUT2D eigenvalue weighted by atomic mass is 15.6. The summed E-state index contributed by atoms with van der Waals surface area (Å²) in [7, 11) is 0. The maximum Gasteiger partial charge on any atom is 0.165 e. The highest BCUT2D eigenvalue weighted by Crippen LogP contribution is 2.35. The lowest BCUT2D eigenvalue weighted by Gasteiger charge is -2.20. The summed E-state index contributed by atoms with van der Waals surface area (Å²) in [5, 5.41) is 12.3. The third-order valence-corrected chi connectivity index (χ3v) is 5.52. The lowest BCUT2D eigenvalue weighted by atomic mass is 10.0. The van der Waals surface area contributed by atoms with Crippen LogP contribution >= 0.6 is 0 Å². The quantitative estimate of drug-likeness (QED) is 0.856. The summed E-state index contributed by atoms with van der Waals surface area (Å²) < 4.78 is 4.49. The van der Waals surface area contributed by atoms with Crippen LogP contribution in [0.25, 0.3) is 0 Å². The molecule has 2 aromatic rings. The Morgan fingerprint density at radius 1 is 1.09 bits per heavy atom. The Morgan fingerprint density at radius 3 is 2.91 bits per heavy atom. The average molecular weight is 313 g/mol. The van der Waals surface area contributed by atoms with Gasteiger partial charge in [-0.3, -0.25) is 4.90 Å². The van der Waals surface area contributed by atoms with E-state index in [1.807, 2.05) is 4.68 Å². The minimum absolute atomic E-state index is 0.555. The molecule has 2 fully saturated rings. The summed E-state index contributed by atoms with van der Waals surface area (Å²) in [6.07, 6.45) is 10.7. The molecule has 0 aromatic carbocycles. The maximum atomic E-state index is 4.66. The van der Waals surface area contributed by atoms with E-state index in [1.54, 1.807) is 0 Å². The van der Waals surface area contributed by atoms with Gasteiger partial charge < -0.3 is 4.57 Å². The molecule has 3 aliphatic rings. The Hall–Kier alpha value is -1.76. The molecule has 1 atom stereocenters. The molecule has 122 valence electrons. The molecule has 0 spiro atoms. The molecule has 0 bridgehead atoms. The van der Waals surface area contributed by atoms with Gasteiger partial charge in [0.25, 0.3) is 0 Å². The van der Waals surface area contributed by atoms with E-state index in [1.165, 1.54) is 49.9 Å². The fraction of sp³-hybridized carbons (Fsp3) is 0.750. The zero-order valence-corrected chi connectivity index (χ0v) is 13.4. The van der Waals surface area contributed by atoms with Crippen LogP contribution in [0.1, 0.15) is 61.4 Å². The van der Waals surface area contributed by atoms with Crippen LogP contribution < -0.4 is 0 Å². The fourth-order valence-electron chi connectivity index (χ4n) is 4.11. The van der Waals surface area contributed by atoms with Gasteiger partial charge in [0.15, 0.2) is 5.82 Å². The highest BCUT2D eigenvalue weighted by molar-refractivity contribution is 5.17. The van der Waals surface area contributed by atoms with E-state index in [9.17, 15) is 0 Å². The van der Waals surface area contributed by atoms with Crippen LogP contribution in [-0.4, -0.2) is 47.7 Å². The topological polar surface area (TPSA) is 64.7 Å². The molecule has 0 radical (unpaired) electrons. The molecule has 1 saturated heterocycles. The number of tetrazole rings is 1. The number of rotatable bonds is 4. The maximum absolute atomic E-state index is 4.66. The van der Waals surface area contributed by atoms with Crippen molar-refractivity contribution in [3.05, 3.63) is 23.5 Å². The number of likely N-dealkylation sites (tertiary alicyclic amines) is 1. The first-order chi connectivity index (χ1) is 11.4. The zero-order chi connectivity index (χ0) is 15.2. The van der Waals surface area contributed by atoms with Crippen LogP contribution in [0.3, 0.4) is 0 Å². The van der Waals surface area contributed by atoms with Gasteiger partial charge in [0, 0.05) is 24.8 Å². The van der Waals surface area contributed by atoms with Gasteiger partial charge in [0.2, 0.25) is 0 Å². The van der Waals surface area contributed by atoms with Crippen LogP contribution in [0.15, 0.2) is 6.33 Å². The Morgan fingerprint density at radius 2 is 2.00 bits per heavy atom. The second-order valence-electron chi connectivity index (χ2n) is 7.20. The van der Waals surface area contributed by atoms with Gasteiger partial charge in [-0.2, -0.15) is 0 Å². The van der Waals surface area contributed by atoms with E-state index in [0.29, 0.717) is 12.1 Å². The number of aromatic nitrogens is 6. The molecule has 2 aromatic heterocycles. The lowest BCUT2D eigenvalue weighted by molar-refractivity contribution is 0.299. The van der Waals surface area contributed by atoms with Gasteiger partial charge in [0.05, 0.1) is 24.6 Å². The molecule has 3 heterocycles. The van der Waals surface area contributed by atoms with Gasteiger partial charge in [0.1, 0.15) is 0 Å². The molecule has 1 aliphatic heterocycles. The number of aryl methyl sites for hydroxylation is 1. The van der Waals surface area contributed by atoms with Crippen molar-refractivity contribution < 1.29 is 0 Å². The largest absolute Gasteiger partial charge is 0.330 e. The number of imidazole rings is 1. The highest BCUT2D eigenvalue weighted by Gasteiger charge is 2.31. The van der Waals surface area contributed by atoms with Crippen LogP contribution in [0, 0.1) is 0 Å². The molecule has 1 saturated carbocycles. The van der Waals surface area contributed by atoms with Crippen LogP contribution in [0.2, 0.25) is 0 Å². The van der Waals surface area contributed by atoms with E-state index in [0.717, 1.165) is 31.9 Å².